The number of rotatable bonds is 2. The SMILES string of the molecule is FC(F)(F)COC(C(F)(F)F)C(F)(F)F. The predicted octanol–water partition coefficient (Wildman–Crippen LogP) is 3.06. The summed E-state index contributed by atoms with van der Waals surface area (Å²) < 4.78 is 106. The molecule has 0 aliphatic heterocycles. The molecule has 0 rings (SSSR count). The molecule has 15 heavy (non-hydrogen) atoms. The lowest BCUT2D eigenvalue weighted by Gasteiger charge is -2.23. The van der Waals surface area contributed by atoms with Gasteiger partial charge in [0.05, 0.1) is 0 Å². The molecule has 0 fully saturated rings. The molecule has 0 unspecified atom stereocenters. The Labute approximate surface area is 76.8 Å². The van der Waals surface area contributed by atoms with E-state index in [1.165, 1.54) is 0 Å². The quantitative estimate of drug-likeness (QED) is 0.684. The van der Waals surface area contributed by atoms with Crippen molar-refractivity contribution in [2.24, 2.45) is 0 Å². The van der Waals surface area contributed by atoms with Crippen molar-refractivity contribution in [1.29, 1.82) is 0 Å². The average molecular weight is 250 g/mol. The highest BCUT2D eigenvalue weighted by Crippen LogP contribution is 2.36. The Hall–Kier alpha value is -0.670. The fourth-order valence-corrected chi connectivity index (χ4v) is 0.552. The van der Waals surface area contributed by atoms with Gasteiger partial charge in [-0.1, -0.05) is 0 Å². The lowest BCUT2D eigenvalue weighted by Crippen LogP contribution is -2.45. The van der Waals surface area contributed by atoms with Gasteiger partial charge in [-0.05, 0) is 0 Å². The Morgan fingerprint density at radius 2 is 1.07 bits per heavy atom. The first-order chi connectivity index (χ1) is 6.34. The summed E-state index contributed by atoms with van der Waals surface area (Å²) in [6.07, 6.45) is -21.5. The summed E-state index contributed by atoms with van der Waals surface area (Å²) in [6, 6.07) is 0. The monoisotopic (exact) mass is 250 g/mol. The molecule has 10 heteroatoms. The molecule has 0 atom stereocenters. The third kappa shape index (κ3) is 5.70. The van der Waals surface area contributed by atoms with Gasteiger partial charge in [0.1, 0.15) is 6.61 Å². The molecule has 0 amide bonds. The van der Waals surface area contributed by atoms with Gasteiger partial charge in [-0.2, -0.15) is 39.5 Å². The first kappa shape index (κ1) is 14.3. The van der Waals surface area contributed by atoms with Gasteiger partial charge in [0.2, 0.25) is 6.10 Å². The van der Waals surface area contributed by atoms with Crippen LogP contribution in [0.4, 0.5) is 39.5 Å². The van der Waals surface area contributed by atoms with E-state index in [-0.39, 0.29) is 0 Å². The molecular weight excluding hydrogens is 247 g/mol. The van der Waals surface area contributed by atoms with E-state index >= 15 is 0 Å². The van der Waals surface area contributed by atoms with E-state index in [0.29, 0.717) is 0 Å². The zero-order valence-corrected chi connectivity index (χ0v) is 6.59. The minimum atomic E-state index is -5.93. The highest BCUT2D eigenvalue weighted by molar-refractivity contribution is 4.76. The summed E-state index contributed by atoms with van der Waals surface area (Å²) >= 11 is 0. The zero-order valence-electron chi connectivity index (χ0n) is 6.59. The van der Waals surface area contributed by atoms with Crippen molar-refractivity contribution in [3.05, 3.63) is 0 Å². The predicted molar refractivity (Wildman–Crippen MR) is 27.9 cm³/mol. The highest BCUT2D eigenvalue weighted by Gasteiger charge is 2.58. The Morgan fingerprint density at radius 3 is 1.27 bits per heavy atom. The van der Waals surface area contributed by atoms with Gasteiger partial charge in [0.25, 0.3) is 0 Å². The van der Waals surface area contributed by atoms with Crippen LogP contribution >= 0.6 is 0 Å². The Bertz CT molecular complexity index is 184. The van der Waals surface area contributed by atoms with Gasteiger partial charge >= 0.3 is 18.5 Å². The molecule has 0 saturated carbocycles. The van der Waals surface area contributed by atoms with Crippen LogP contribution in [-0.4, -0.2) is 31.2 Å². The van der Waals surface area contributed by atoms with Gasteiger partial charge in [0, 0.05) is 0 Å². The van der Waals surface area contributed by atoms with E-state index in [9.17, 15) is 39.5 Å². The van der Waals surface area contributed by atoms with Crippen LogP contribution in [0.25, 0.3) is 0 Å². The third-order valence-electron chi connectivity index (χ3n) is 1.01. The van der Waals surface area contributed by atoms with Crippen molar-refractivity contribution in [3.63, 3.8) is 0 Å². The lowest BCUT2D eigenvalue weighted by atomic mass is 10.3. The van der Waals surface area contributed by atoms with Crippen LogP contribution < -0.4 is 0 Å². The minimum absolute atomic E-state index is 2.61. The van der Waals surface area contributed by atoms with Crippen LogP contribution in [-0.2, 0) is 4.74 Å². The maximum Gasteiger partial charge on any atom is 0.423 e. The van der Waals surface area contributed by atoms with E-state index in [1.807, 2.05) is 0 Å². The summed E-state index contributed by atoms with van der Waals surface area (Å²) in [5.74, 6) is 0. The maximum atomic E-state index is 11.6. The van der Waals surface area contributed by atoms with Crippen LogP contribution in [0, 0.1) is 0 Å². The fraction of sp³-hybridized carbons (Fsp3) is 1.00. The number of alkyl halides is 9. The molecule has 0 N–H and O–H groups in total. The maximum absolute atomic E-state index is 11.6. The summed E-state index contributed by atoms with van der Waals surface area (Å²) in [5, 5.41) is 0. The Kier molecular flexibility index (Phi) is 3.88. The second-order valence-corrected chi connectivity index (χ2v) is 2.39. The zero-order chi connectivity index (χ0) is 12.5. The largest absolute Gasteiger partial charge is 0.423 e. The van der Waals surface area contributed by atoms with E-state index in [1.54, 1.807) is 0 Å². The summed E-state index contributed by atoms with van der Waals surface area (Å²) in [4.78, 5) is 0. The Balaban J connectivity index is 4.56. The third-order valence-corrected chi connectivity index (χ3v) is 1.01. The van der Waals surface area contributed by atoms with E-state index in [0.717, 1.165) is 0 Å². The molecule has 0 bridgehead atoms. The number of halogens is 9. The van der Waals surface area contributed by atoms with Crippen molar-refractivity contribution in [3.8, 4) is 0 Å². The molecule has 0 heterocycles. The smallest absolute Gasteiger partial charge is 0.351 e. The Morgan fingerprint density at radius 1 is 0.733 bits per heavy atom. The van der Waals surface area contributed by atoms with Gasteiger partial charge in [0.15, 0.2) is 0 Å². The van der Waals surface area contributed by atoms with Crippen LogP contribution in [0.1, 0.15) is 0 Å². The van der Waals surface area contributed by atoms with E-state index in [2.05, 4.69) is 4.74 Å². The van der Waals surface area contributed by atoms with Gasteiger partial charge < -0.3 is 4.74 Å². The van der Waals surface area contributed by atoms with E-state index < -0.39 is 31.2 Å². The number of hydrogen-bond acceptors (Lipinski definition) is 1. The molecule has 1 nitrogen and oxygen atoms in total. The molecule has 0 aromatic carbocycles. The van der Waals surface area contributed by atoms with E-state index in [4.69, 9.17) is 0 Å². The van der Waals surface area contributed by atoms with Crippen molar-refractivity contribution in [1.82, 2.24) is 0 Å². The molecule has 0 aromatic rings. The van der Waals surface area contributed by atoms with Gasteiger partial charge in [-0.15, -0.1) is 0 Å². The van der Waals surface area contributed by atoms with Crippen molar-refractivity contribution in [2.75, 3.05) is 6.61 Å². The van der Waals surface area contributed by atoms with Crippen LogP contribution in [0.15, 0.2) is 0 Å². The highest BCUT2D eigenvalue weighted by atomic mass is 19.4. The first-order valence-corrected chi connectivity index (χ1v) is 3.16. The minimum Gasteiger partial charge on any atom is -0.351 e. The molecule has 0 spiro atoms. The lowest BCUT2D eigenvalue weighted by molar-refractivity contribution is -0.336. The molecular formula is C5H3F9O. The van der Waals surface area contributed by atoms with Crippen molar-refractivity contribution in [2.45, 2.75) is 24.6 Å². The molecule has 0 saturated heterocycles. The van der Waals surface area contributed by atoms with Gasteiger partial charge in [-0.3, -0.25) is 0 Å². The molecule has 0 aliphatic carbocycles. The second-order valence-electron chi connectivity index (χ2n) is 2.39. The summed E-state index contributed by atoms with van der Waals surface area (Å²) in [5.41, 5.74) is 0. The standard InChI is InChI=1S/C5H3F9O/c6-3(7,8)1-15-2(4(9,10)11)5(12,13)14/h2H,1H2. The van der Waals surface area contributed by atoms with Crippen LogP contribution in [0.2, 0.25) is 0 Å². The van der Waals surface area contributed by atoms with Crippen molar-refractivity contribution < 1.29 is 44.3 Å². The average Bonchev–Trinajstić information content (AvgIpc) is 1.75. The van der Waals surface area contributed by atoms with Gasteiger partial charge in [-0.25, -0.2) is 0 Å². The van der Waals surface area contributed by atoms with Crippen LogP contribution in [0.5, 0.6) is 0 Å². The molecule has 92 valence electrons. The van der Waals surface area contributed by atoms with Crippen LogP contribution in [0.3, 0.4) is 0 Å². The topological polar surface area (TPSA) is 9.23 Å². The first-order valence-electron chi connectivity index (χ1n) is 3.16. The molecule has 0 aliphatic rings. The normalized spacial score (nSPS) is 14.8. The molecule has 0 radical (unpaired) electrons. The van der Waals surface area contributed by atoms with Crippen molar-refractivity contribution >= 4 is 0 Å². The fourth-order valence-electron chi connectivity index (χ4n) is 0.552. The number of ether oxygens (including phenoxy) is 1. The summed E-state index contributed by atoms with van der Waals surface area (Å²) in [6.45, 7) is -2.61. The second kappa shape index (κ2) is 4.06. The molecule has 0 aromatic heterocycles. The number of hydrogen-bond donors (Lipinski definition) is 0. The summed E-state index contributed by atoms with van der Waals surface area (Å²) in [7, 11) is 0.